The number of ether oxygens (including phenoxy) is 1. The van der Waals surface area contributed by atoms with Crippen LogP contribution in [0.4, 0.5) is 0 Å². The van der Waals surface area contributed by atoms with Crippen LogP contribution in [-0.4, -0.2) is 38.3 Å². The lowest BCUT2D eigenvalue weighted by molar-refractivity contribution is 0.114. The van der Waals surface area contributed by atoms with Crippen LogP contribution < -0.4 is 10.6 Å². The van der Waals surface area contributed by atoms with Gasteiger partial charge in [-0.3, -0.25) is 4.99 Å². The van der Waals surface area contributed by atoms with E-state index in [2.05, 4.69) is 55.8 Å². The molecule has 2 aliphatic rings. The largest absolute Gasteiger partial charge is 0.376 e. The van der Waals surface area contributed by atoms with Crippen molar-refractivity contribution in [2.24, 2.45) is 4.99 Å². The Morgan fingerprint density at radius 1 is 1.36 bits per heavy atom. The van der Waals surface area contributed by atoms with E-state index in [1.54, 1.807) is 0 Å². The Morgan fingerprint density at radius 3 is 2.77 bits per heavy atom. The number of nitrogens with zero attached hydrogens (tertiary/aromatic N) is 1. The van der Waals surface area contributed by atoms with E-state index >= 15 is 0 Å². The first-order chi connectivity index (χ1) is 10.3. The number of guanidine groups is 1. The molecule has 0 amide bonds. The van der Waals surface area contributed by atoms with Crippen molar-refractivity contribution in [3.05, 3.63) is 34.3 Å². The smallest absolute Gasteiger partial charge is 0.191 e. The van der Waals surface area contributed by atoms with Crippen molar-refractivity contribution in [2.75, 3.05) is 20.2 Å². The number of benzene rings is 1. The fraction of sp³-hybridized carbons (Fsp3) is 0.562. The third kappa shape index (κ3) is 4.83. The molecule has 1 aliphatic heterocycles. The van der Waals surface area contributed by atoms with E-state index in [0.29, 0.717) is 18.1 Å². The van der Waals surface area contributed by atoms with Crippen molar-refractivity contribution < 1.29 is 4.74 Å². The summed E-state index contributed by atoms with van der Waals surface area (Å²) in [7, 11) is 1.82. The molecule has 1 aromatic carbocycles. The van der Waals surface area contributed by atoms with E-state index in [-0.39, 0.29) is 24.0 Å². The third-order valence-corrected chi connectivity index (χ3v) is 4.68. The van der Waals surface area contributed by atoms with E-state index in [1.165, 1.54) is 18.4 Å². The minimum absolute atomic E-state index is 0. The Morgan fingerprint density at radius 2 is 2.14 bits per heavy atom. The van der Waals surface area contributed by atoms with Gasteiger partial charge in [-0.2, -0.15) is 0 Å². The zero-order valence-electron chi connectivity index (χ0n) is 12.7. The maximum absolute atomic E-state index is 5.62. The lowest BCUT2D eigenvalue weighted by atomic mass is 10.1. The molecule has 2 fully saturated rings. The predicted octanol–water partition coefficient (Wildman–Crippen LogP) is 3.27. The van der Waals surface area contributed by atoms with Crippen molar-refractivity contribution in [3.8, 4) is 0 Å². The fourth-order valence-corrected chi connectivity index (χ4v) is 3.08. The lowest BCUT2D eigenvalue weighted by Gasteiger charge is -2.15. The molecule has 0 radical (unpaired) electrons. The summed E-state index contributed by atoms with van der Waals surface area (Å²) in [6.45, 7) is 1.74. The van der Waals surface area contributed by atoms with Crippen LogP contribution in [-0.2, 0) is 4.74 Å². The zero-order chi connectivity index (χ0) is 14.7. The second-order valence-electron chi connectivity index (χ2n) is 5.73. The summed E-state index contributed by atoms with van der Waals surface area (Å²) in [4.78, 5) is 4.30. The Hall–Kier alpha value is -0.340. The molecule has 2 N–H and O–H groups in total. The number of nitrogens with one attached hydrogen (secondary N) is 2. The van der Waals surface area contributed by atoms with Crippen LogP contribution in [0, 0.1) is 0 Å². The number of rotatable bonds is 4. The standard InChI is InChI=1S/C16H22BrN3O.HI/c1-18-16(19-10-13-3-2-8-21-13)20-15-9-14(15)11-4-6-12(17)7-5-11;/h4-7,13-15H,2-3,8-10H2,1H3,(H2,18,19,20);1H. The molecule has 3 atom stereocenters. The van der Waals surface area contributed by atoms with Gasteiger partial charge < -0.3 is 15.4 Å². The van der Waals surface area contributed by atoms with Gasteiger partial charge in [0.25, 0.3) is 0 Å². The van der Waals surface area contributed by atoms with Gasteiger partial charge in [0.15, 0.2) is 5.96 Å². The normalized spacial score (nSPS) is 27.2. The molecule has 122 valence electrons. The van der Waals surface area contributed by atoms with Crippen LogP contribution in [0.25, 0.3) is 0 Å². The first-order valence-corrected chi connectivity index (χ1v) is 8.40. The van der Waals surface area contributed by atoms with Crippen LogP contribution in [0.1, 0.15) is 30.7 Å². The summed E-state index contributed by atoms with van der Waals surface area (Å²) in [5.41, 5.74) is 1.39. The average molecular weight is 480 g/mol. The molecule has 0 aromatic heterocycles. The summed E-state index contributed by atoms with van der Waals surface area (Å²) in [6.07, 6.45) is 3.83. The van der Waals surface area contributed by atoms with Crippen LogP contribution in [0.3, 0.4) is 0 Å². The van der Waals surface area contributed by atoms with Gasteiger partial charge >= 0.3 is 0 Å². The predicted molar refractivity (Wildman–Crippen MR) is 104 cm³/mol. The quantitative estimate of drug-likeness (QED) is 0.396. The van der Waals surface area contributed by atoms with Crippen LogP contribution in [0.2, 0.25) is 0 Å². The number of hydrogen-bond donors (Lipinski definition) is 2. The molecular formula is C16H23BrIN3O. The molecule has 1 saturated carbocycles. The average Bonchev–Trinajstić information content (AvgIpc) is 3.06. The van der Waals surface area contributed by atoms with E-state index < -0.39 is 0 Å². The van der Waals surface area contributed by atoms with Gasteiger partial charge in [-0.1, -0.05) is 28.1 Å². The molecule has 3 unspecified atom stereocenters. The van der Waals surface area contributed by atoms with E-state index in [0.717, 1.165) is 30.0 Å². The maximum Gasteiger partial charge on any atom is 0.191 e. The van der Waals surface area contributed by atoms with Gasteiger partial charge in [0.05, 0.1) is 6.10 Å². The first-order valence-electron chi connectivity index (χ1n) is 7.60. The van der Waals surface area contributed by atoms with Crippen molar-refractivity contribution in [1.29, 1.82) is 0 Å². The summed E-state index contributed by atoms with van der Waals surface area (Å²) >= 11 is 3.48. The van der Waals surface area contributed by atoms with Gasteiger partial charge in [-0.25, -0.2) is 0 Å². The molecule has 1 heterocycles. The Labute approximate surface area is 157 Å². The number of halogens is 2. The summed E-state index contributed by atoms with van der Waals surface area (Å²) in [5, 5.41) is 6.87. The van der Waals surface area contributed by atoms with E-state index in [9.17, 15) is 0 Å². The van der Waals surface area contributed by atoms with Gasteiger partial charge in [0.2, 0.25) is 0 Å². The van der Waals surface area contributed by atoms with Crippen LogP contribution in [0.15, 0.2) is 33.7 Å². The minimum atomic E-state index is 0. The van der Waals surface area contributed by atoms with Gasteiger partial charge in [-0.15, -0.1) is 24.0 Å². The van der Waals surface area contributed by atoms with Crippen LogP contribution in [0.5, 0.6) is 0 Å². The summed E-state index contributed by atoms with van der Waals surface area (Å²) < 4.78 is 6.75. The first kappa shape index (κ1) is 18.0. The number of aliphatic imine (C=N–C) groups is 1. The van der Waals surface area contributed by atoms with Crippen molar-refractivity contribution in [3.63, 3.8) is 0 Å². The zero-order valence-corrected chi connectivity index (χ0v) is 16.6. The second-order valence-corrected chi connectivity index (χ2v) is 6.65. The summed E-state index contributed by atoms with van der Waals surface area (Å²) in [5.74, 6) is 1.48. The highest BCUT2D eigenvalue weighted by Gasteiger charge is 2.39. The summed E-state index contributed by atoms with van der Waals surface area (Å²) in [6, 6.07) is 9.09. The van der Waals surface area contributed by atoms with Crippen LogP contribution >= 0.6 is 39.9 Å². The third-order valence-electron chi connectivity index (χ3n) is 4.16. The van der Waals surface area contributed by atoms with Crippen molar-refractivity contribution >= 4 is 45.9 Å². The van der Waals surface area contributed by atoms with Gasteiger partial charge in [-0.05, 0) is 37.0 Å². The topological polar surface area (TPSA) is 45.7 Å². The molecule has 4 nitrogen and oxygen atoms in total. The van der Waals surface area contributed by atoms with Crippen molar-refractivity contribution in [1.82, 2.24) is 10.6 Å². The Kier molecular flexibility index (Phi) is 6.95. The minimum Gasteiger partial charge on any atom is -0.376 e. The second kappa shape index (κ2) is 8.49. The van der Waals surface area contributed by atoms with Gasteiger partial charge in [0, 0.05) is 36.6 Å². The lowest BCUT2D eigenvalue weighted by Crippen LogP contribution is -2.42. The molecule has 3 rings (SSSR count). The molecule has 1 aromatic rings. The SMILES string of the molecule is CN=C(NCC1CCCO1)NC1CC1c1ccc(Br)cc1.I. The molecule has 0 spiro atoms. The molecule has 6 heteroatoms. The maximum atomic E-state index is 5.62. The van der Waals surface area contributed by atoms with Gasteiger partial charge in [0.1, 0.15) is 0 Å². The highest BCUT2D eigenvalue weighted by molar-refractivity contribution is 14.0. The molecule has 0 bridgehead atoms. The Bertz CT molecular complexity index is 503. The van der Waals surface area contributed by atoms with E-state index in [4.69, 9.17) is 4.74 Å². The fourth-order valence-electron chi connectivity index (χ4n) is 2.82. The molecule has 1 saturated heterocycles. The molecular weight excluding hydrogens is 457 g/mol. The number of hydrogen-bond acceptors (Lipinski definition) is 2. The Balaban J connectivity index is 0.00000176. The monoisotopic (exact) mass is 479 g/mol. The molecule has 1 aliphatic carbocycles. The van der Waals surface area contributed by atoms with Crippen molar-refractivity contribution in [2.45, 2.75) is 37.3 Å². The highest BCUT2D eigenvalue weighted by atomic mass is 127. The van der Waals surface area contributed by atoms with E-state index in [1.807, 2.05) is 7.05 Å². The highest BCUT2D eigenvalue weighted by Crippen LogP contribution is 2.40. The molecule has 22 heavy (non-hydrogen) atoms.